The first-order chi connectivity index (χ1) is 12.1. The molecule has 2 N–H and O–H groups in total. The number of carboxylic acids is 1. The monoisotopic (exact) mass is 343 g/mol. The van der Waals surface area contributed by atoms with Gasteiger partial charge in [0.2, 0.25) is 0 Å². The van der Waals surface area contributed by atoms with Gasteiger partial charge in [0, 0.05) is 0 Å². The Hall–Kier alpha value is -2.63. The van der Waals surface area contributed by atoms with Crippen molar-refractivity contribution < 1.29 is 14.7 Å². The maximum Gasteiger partial charge on any atom is 0.326 e. The molecule has 0 aliphatic rings. The summed E-state index contributed by atoms with van der Waals surface area (Å²) in [5.41, 5.74) is 2.35. The minimum absolute atomic E-state index is 0.375. The van der Waals surface area contributed by atoms with Crippen molar-refractivity contribution in [1.29, 1.82) is 0 Å². The minimum atomic E-state index is -1.00. The lowest BCUT2D eigenvalue weighted by molar-refractivity contribution is -0.139. The number of hydrogen-bond donors (Lipinski definition) is 2. The molecule has 0 aliphatic heterocycles. The summed E-state index contributed by atoms with van der Waals surface area (Å²) in [4.78, 5) is 23.9. The first-order valence-electron chi connectivity index (χ1n) is 8.69. The van der Waals surface area contributed by atoms with Crippen LogP contribution >= 0.6 is 0 Å². The van der Waals surface area contributed by atoms with Crippen molar-refractivity contribution in [3.05, 3.63) is 53.3 Å². The summed E-state index contributed by atoms with van der Waals surface area (Å²) < 4.78 is 1.80. The molecular weight excluding hydrogens is 318 g/mol. The molecule has 1 aromatic heterocycles. The van der Waals surface area contributed by atoms with Crippen LogP contribution in [-0.4, -0.2) is 32.8 Å². The molecule has 0 fully saturated rings. The van der Waals surface area contributed by atoms with Crippen LogP contribution in [0.1, 0.15) is 54.7 Å². The zero-order valence-electron chi connectivity index (χ0n) is 14.7. The SMILES string of the molecule is CCCCC(NC(=O)c1cnn(Cc2ccccc2)c1CC)C(=O)O. The van der Waals surface area contributed by atoms with Crippen LogP contribution in [0, 0.1) is 0 Å². The average molecular weight is 343 g/mol. The van der Waals surface area contributed by atoms with Gasteiger partial charge in [-0.05, 0) is 18.4 Å². The van der Waals surface area contributed by atoms with Crippen molar-refractivity contribution in [3.8, 4) is 0 Å². The van der Waals surface area contributed by atoms with Crippen molar-refractivity contribution in [2.24, 2.45) is 0 Å². The lowest BCUT2D eigenvalue weighted by atomic mass is 10.1. The van der Waals surface area contributed by atoms with Gasteiger partial charge in [0.1, 0.15) is 6.04 Å². The Kier molecular flexibility index (Phi) is 6.74. The van der Waals surface area contributed by atoms with Gasteiger partial charge < -0.3 is 10.4 Å². The normalized spacial score (nSPS) is 11.9. The molecule has 1 amide bonds. The summed E-state index contributed by atoms with van der Waals surface area (Å²) >= 11 is 0. The molecule has 0 bridgehead atoms. The van der Waals surface area contributed by atoms with Crippen LogP contribution < -0.4 is 5.32 Å². The fraction of sp³-hybridized carbons (Fsp3) is 0.421. The van der Waals surface area contributed by atoms with Crippen molar-refractivity contribution in [1.82, 2.24) is 15.1 Å². The summed E-state index contributed by atoms with van der Waals surface area (Å²) in [7, 11) is 0. The van der Waals surface area contributed by atoms with Gasteiger partial charge in [0.25, 0.3) is 5.91 Å². The van der Waals surface area contributed by atoms with Crippen LogP contribution in [0.5, 0.6) is 0 Å². The molecule has 6 heteroatoms. The predicted octanol–water partition coefficient (Wildman–Crippen LogP) is 2.87. The number of benzene rings is 1. The number of unbranched alkanes of at least 4 members (excludes halogenated alkanes) is 1. The number of nitrogens with one attached hydrogen (secondary N) is 1. The molecule has 2 aromatic rings. The van der Waals surface area contributed by atoms with Crippen molar-refractivity contribution in [3.63, 3.8) is 0 Å². The number of carboxylic acid groups (broad SMARTS) is 1. The third-order valence-electron chi connectivity index (χ3n) is 4.15. The molecule has 0 saturated heterocycles. The minimum Gasteiger partial charge on any atom is -0.480 e. The van der Waals surface area contributed by atoms with E-state index in [1.165, 1.54) is 6.20 Å². The highest BCUT2D eigenvalue weighted by atomic mass is 16.4. The van der Waals surface area contributed by atoms with E-state index in [9.17, 15) is 14.7 Å². The molecule has 2 rings (SSSR count). The van der Waals surface area contributed by atoms with E-state index in [1.807, 2.05) is 44.2 Å². The standard InChI is InChI=1S/C19H25N3O3/c1-3-5-11-16(19(24)25)21-18(23)15-12-20-22(17(15)4-2)13-14-9-7-6-8-10-14/h6-10,12,16H,3-5,11,13H2,1-2H3,(H,21,23)(H,24,25). The molecule has 0 aliphatic carbocycles. The highest BCUT2D eigenvalue weighted by molar-refractivity contribution is 5.97. The lowest BCUT2D eigenvalue weighted by Gasteiger charge is -2.14. The molecule has 134 valence electrons. The Bertz CT molecular complexity index is 710. The van der Waals surface area contributed by atoms with E-state index in [2.05, 4.69) is 10.4 Å². The van der Waals surface area contributed by atoms with Gasteiger partial charge >= 0.3 is 5.97 Å². The highest BCUT2D eigenvalue weighted by Crippen LogP contribution is 2.13. The average Bonchev–Trinajstić information content (AvgIpc) is 3.01. The number of rotatable bonds is 9. The van der Waals surface area contributed by atoms with Crippen molar-refractivity contribution in [2.75, 3.05) is 0 Å². The van der Waals surface area contributed by atoms with Crippen LogP contribution in [0.15, 0.2) is 36.5 Å². The Labute approximate surface area is 147 Å². The van der Waals surface area contributed by atoms with Gasteiger partial charge in [-0.2, -0.15) is 5.10 Å². The van der Waals surface area contributed by atoms with Crippen molar-refractivity contribution in [2.45, 2.75) is 52.1 Å². The van der Waals surface area contributed by atoms with Crippen LogP contribution in [0.3, 0.4) is 0 Å². The Morgan fingerprint density at radius 2 is 1.96 bits per heavy atom. The van der Waals surface area contributed by atoms with E-state index in [-0.39, 0.29) is 5.91 Å². The fourth-order valence-corrected chi connectivity index (χ4v) is 2.77. The Balaban J connectivity index is 2.15. The van der Waals surface area contributed by atoms with Gasteiger partial charge in [-0.3, -0.25) is 9.48 Å². The van der Waals surface area contributed by atoms with Crippen LogP contribution in [-0.2, 0) is 17.8 Å². The molecular formula is C19H25N3O3. The van der Waals surface area contributed by atoms with Crippen LogP contribution in [0.2, 0.25) is 0 Å². The summed E-state index contributed by atoms with van der Waals surface area (Å²) in [6.45, 7) is 4.53. The van der Waals surface area contributed by atoms with E-state index in [0.717, 1.165) is 24.1 Å². The molecule has 1 atom stereocenters. The topological polar surface area (TPSA) is 84.2 Å². The first kappa shape index (κ1) is 18.7. The third kappa shape index (κ3) is 4.92. The number of carbonyl (C=O) groups is 2. The van der Waals surface area contributed by atoms with Gasteiger partial charge in [-0.15, -0.1) is 0 Å². The van der Waals surface area contributed by atoms with Gasteiger partial charge in [0.05, 0.1) is 24.0 Å². The van der Waals surface area contributed by atoms with E-state index in [4.69, 9.17) is 0 Å². The second kappa shape index (κ2) is 9.01. The van der Waals surface area contributed by atoms with Gasteiger partial charge in [-0.1, -0.05) is 57.0 Å². The predicted molar refractivity (Wildman–Crippen MR) is 95.6 cm³/mol. The lowest BCUT2D eigenvalue weighted by Crippen LogP contribution is -2.41. The number of carbonyl (C=O) groups excluding carboxylic acids is 1. The Morgan fingerprint density at radius 1 is 1.24 bits per heavy atom. The maximum atomic E-state index is 12.5. The number of nitrogens with zero attached hydrogens (tertiary/aromatic N) is 2. The maximum absolute atomic E-state index is 12.5. The highest BCUT2D eigenvalue weighted by Gasteiger charge is 2.23. The molecule has 0 saturated carbocycles. The molecule has 0 radical (unpaired) electrons. The molecule has 1 heterocycles. The largest absolute Gasteiger partial charge is 0.480 e. The first-order valence-corrected chi connectivity index (χ1v) is 8.69. The summed E-state index contributed by atoms with van der Waals surface area (Å²) in [6, 6.07) is 9.02. The van der Waals surface area contributed by atoms with Gasteiger partial charge in [0.15, 0.2) is 0 Å². The number of hydrogen-bond acceptors (Lipinski definition) is 3. The number of amides is 1. The second-order valence-corrected chi connectivity index (χ2v) is 6.01. The molecule has 0 spiro atoms. The number of aliphatic carboxylic acids is 1. The van der Waals surface area contributed by atoms with Gasteiger partial charge in [-0.25, -0.2) is 4.79 Å². The van der Waals surface area contributed by atoms with E-state index in [0.29, 0.717) is 24.9 Å². The third-order valence-corrected chi connectivity index (χ3v) is 4.15. The fourth-order valence-electron chi connectivity index (χ4n) is 2.77. The van der Waals surface area contributed by atoms with Crippen LogP contribution in [0.25, 0.3) is 0 Å². The number of aromatic nitrogens is 2. The van der Waals surface area contributed by atoms with E-state index in [1.54, 1.807) is 4.68 Å². The molecule has 1 aromatic carbocycles. The second-order valence-electron chi connectivity index (χ2n) is 6.01. The zero-order chi connectivity index (χ0) is 18.2. The summed E-state index contributed by atoms with van der Waals surface area (Å²) in [6.07, 6.45) is 4.23. The molecule has 1 unspecified atom stereocenters. The van der Waals surface area contributed by atoms with Crippen molar-refractivity contribution >= 4 is 11.9 Å². The zero-order valence-corrected chi connectivity index (χ0v) is 14.7. The van der Waals surface area contributed by atoms with Crippen LogP contribution in [0.4, 0.5) is 0 Å². The summed E-state index contributed by atoms with van der Waals surface area (Å²) in [5.74, 6) is -1.38. The smallest absolute Gasteiger partial charge is 0.326 e. The molecule has 6 nitrogen and oxygen atoms in total. The molecule has 25 heavy (non-hydrogen) atoms. The quantitative estimate of drug-likeness (QED) is 0.733. The Morgan fingerprint density at radius 3 is 2.56 bits per heavy atom. The van der Waals surface area contributed by atoms with E-state index >= 15 is 0 Å². The van der Waals surface area contributed by atoms with E-state index < -0.39 is 12.0 Å². The summed E-state index contributed by atoms with van der Waals surface area (Å²) in [5, 5.41) is 16.2.